The second-order valence-electron chi connectivity index (χ2n) is 5.02. The highest BCUT2D eigenvalue weighted by molar-refractivity contribution is 6.31. The van der Waals surface area contributed by atoms with Crippen molar-refractivity contribution in [3.63, 3.8) is 0 Å². The molecule has 0 unspecified atom stereocenters. The molecule has 0 saturated carbocycles. The molecule has 2 heterocycles. The lowest BCUT2D eigenvalue weighted by atomic mass is 10.0. The molecule has 0 saturated heterocycles. The number of carboxylic acid groups (broad SMARTS) is 1. The molecule has 0 amide bonds. The predicted molar refractivity (Wildman–Crippen MR) is 86.5 cm³/mol. The first-order chi connectivity index (χ1) is 10.6. The molecule has 0 aliphatic rings. The van der Waals surface area contributed by atoms with Crippen LogP contribution in [0.5, 0.6) is 0 Å². The quantitative estimate of drug-likeness (QED) is 0.533. The number of hydrogen-bond acceptors (Lipinski definition) is 3. The Hall–Kier alpha value is -2.72. The Morgan fingerprint density at radius 2 is 1.77 bits per heavy atom. The molecule has 0 atom stereocenters. The van der Waals surface area contributed by atoms with Gasteiger partial charge in [-0.05, 0) is 17.5 Å². The lowest BCUT2D eigenvalue weighted by Crippen LogP contribution is -1.99. The smallest absolute Gasteiger partial charge is 0.337 e. The van der Waals surface area contributed by atoms with Gasteiger partial charge in [0.1, 0.15) is 0 Å². The molecule has 0 radical (unpaired) electrons. The molecule has 0 aliphatic carbocycles. The van der Waals surface area contributed by atoms with E-state index in [1.807, 2.05) is 24.3 Å². The molecule has 106 valence electrons. The van der Waals surface area contributed by atoms with Gasteiger partial charge in [0, 0.05) is 28.6 Å². The van der Waals surface area contributed by atoms with Crippen LogP contribution >= 0.6 is 11.6 Å². The van der Waals surface area contributed by atoms with Gasteiger partial charge in [-0.25, -0.2) is 4.79 Å². The van der Waals surface area contributed by atoms with E-state index in [-0.39, 0.29) is 5.56 Å². The van der Waals surface area contributed by atoms with Crippen molar-refractivity contribution in [2.75, 3.05) is 0 Å². The first-order valence-corrected chi connectivity index (χ1v) is 7.02. The van der Waals surface area contributed by atoms with Crippen molar-refractivity contribution < 1.29 is 9.90 Å². The molecular formula is C17H9ClN2O2. The van der Waals surface area contributed by atoms with E-state index < -0.39 is 5.97 Å². The molecule has 4 nitrogen and oxygen atoms in total. The van der Waals surface area contributed by atoms with Crippen molar-refractivity contribution in [2.24, 2.45) is 0 Å². The predicted octanol–water partition coefficient (Wildman–Crippen LogP) is 4.29. The molecule has 4 rings (SSSR count). The van der Waals surface area contributed by atoms with Crippen molar-refractivity contribution in [2.45, 2.75) is 0 Å². The van der Waals surface area contributed by atoms with Gasteiger partial charge in [-0.2, -0.15) is 0 Å². The third-order valence-electron chi connectivity index (χ3n) is 3.74. The molecule has 5 heteroatoms. The minimum atomic E-state index is -0.983. The van der Waals surface area contributed by atoms with Gasteiger partial charge in [0.2, 0.25) is 0 Å². The summed E-state index contributed by atoms with van der Waals surface area (Å²) in [5, 5.41) is 13.4. The molecule has 4 aromatic rings. The fourth-order valence-electron chi connectivity index (χ4n) is 2.76. The van der Waals surface area contributed by atoms with Crippen LogP contribution in [0.4, 0.5) is 0 Å². The summed E-state index contributed by atoms with van der Waals surface area (Å²) in [6, 6.07) is 10.9. The standard InChI is InChI=1S/C17H9ClN2O2/c18-10-6-9-4-5-11-12-2-1-3-13(17(21)22)16(12)20-8-14(11)15(9)19-7-10/h1-8H,(H,21,22). The van der Waals surface area contributed by atoms with Crippen LogP contribution in [-0.4, -0.2) is 21.0 Å². The third-order valence-corrected chi connectivity index (χ3v) is 3.94. The number of benzene rings is 2. The molecule has 22 heavy (non-hydrogen) atoms. The Bertz CT molecular complexity index is 1080. The van der Waals surface area contributed by atoms with Crippen molar-refractivity contribution in [3.05, 3.63) is 59.4 Å². The molecule has 2 aromatic carbocycles. The van der Waals surface area contributed by atoms with E-state index >= 15 is 0 Å². The minimum Gasteiger partial charge on any atom is -0.478 e. The Labute approximate surface area is 130 Å². The van der Waals surface area contributed by atoms with E-state index in [4.69, 9.17) is 11.6 Å². The van der Waals surface area contributed by atoms with Crippen LogP contribution in [0.1, 0.15) is 10.4 Å². The molecule has 0 aliphatic heterocycles. The first-order valence-electron chi connectivity index (χ1n) is 6.64. The third kappa shape index (κ3) is 1.81. The fourth-order valence-corrected chi connectivity index (χ4v) is 2.93. The van der Waals surface area contributed by atoms with Gasteiger partial charge in [0.15, 0.2) is 0 Å². The Morgan fingerprint density at radius 1 is 0.955 bits per heavy atom. The maximum absolute atomic E-state index is 11.3. The van der Waals surface area contributed by atoms with Gasteiger partial charge < -0.3 is 5.11 Å². The van der Waals surface area contributed by atoms with Crippen molar-refractivity contribution >= 4 is 50.1 Å². The fraction of sp³-hybridized carbons (Fsp3) is 0. The van der Waals surface area contributed by atoms with Crippen molar-refractivity contribution in [1.82, 2.24) is 9.97 Å². The Kier molecular flexibility index (Phi) is 2.74. The molecule has 0 bridgehead atoms. The number of para-hydroxylation sites is 1. The Morgan fingerprint density at radius 3 is 2.59 bits per heavy atom. The monoisotopic (exact) mass is 308 g/mol. The van der Waals surface area contributed by atoms with Gasteiger partial charge in [0.25, 0.3) is 0 Å². The number of hydrogen-bond donors (Lipinski definition) is 1. The summed E-state index contributed by atoms with van der Waals surface area (Å²) in [6.45, 7) is 0. The summed E-state index contributed by atoms with van der Waals surface area (Å²) in [5.74, 6) is -0.983. The molecule has 0 fully saturated rings. The van der Waals surface area contributed by atoms with Gasteiger partial charge in [-0.15, -0.1) is 0 Å². The average molecular weight is 309 g/mol. The maximum Gasteiger partial charge on any atom is 0.337 e. The van der Waals surface area contributed by atoms with Gasteiger partial charge >= 0.3 is 5.97 Å². The normalized spacial score (nSPS) is 11.3. The van der Waals surface area contributed by atoms with E-state index in [0.29, 0.717) is 10.5 Å². The number of halogens is 1. The number of rotatable bonds is 1. The van der Waals surface area contributed by atoms with Crippen LogP contribution in [0, 0.1) is 0 Å². The summed E-state index contributed by atoms with van der Waals surface area (Å²) in [6.07, 6.45) is 3.27. The number of fused-ring (bicyclic) bond motifs is 5. The van der Waals surface area contributed by atoms with E-state index in [9.17, 15) is 9.90 Å². The van der Waals surface area contributed by atoms with Gasteiger partial charge in [0.05, 0.1) is 21.6 Å². The number of carboxylic acids is 1. The number of nitrogens with zero attached hydrogens (tertiary/aromatic N) is 2. The largest absolute Gasteiger partial charge is 0.478 e. The highest BCUT2D eigenvalue weighted by atomic mass is 35.5. The highest BCUT2D eigenvalue weighted by Crippen LogP contribution is 2.30. The zero-order valence-electron chi connectivity index (χ0n) is 11.2. The lowest BCUT2D eigenvalue weighted by molar-refractivity contribution is 0.0699. The number of aromatic carboxylic acids is 1. The second-order valence-corrected chi connectivity index (χ2v) is 5.45. The summed E-state index contributed by atoms with van der Waals surface area (Å²) in [4.78, 5) is 20.1. The second kappa shape index (κ2) is 4.64. The molecule has 0 spiro atoms. The summed E-state index contributed by atoms with van der Waals surface area (Å²) in [7, 11) is 0. The highest BCUT2D eigenvalue weighted by Gasteiger charge is 2.12. The number of carbonyl (C=O) groups is 1. The SMILES string of the molecule is O=C(O)c1cccc2c1ncc1c2ccc2cc(Cl)cnc21. The van der Waals surface area contributed by atoms with Gasteiger partial charge in [-0.1, -0.05) is 35.9 Å². The minimum absolute atomic E-state index is 0.198. The summed E-state index contributed by atoms with van der Waals surface area (Å²) >= 11 is 5.98. The van der Waals surface area contributed by atoms with Crippen molar-refractivity contribution in [1.29, 1.82) is 0 Å². The number of pyridine rings is 2. The Balaban J connectivity index is 2.19. The van der Waals surface area contributed by atoms with Crippen LogP contribution in [0.15, 0.2) is 48.8 Å². The van der Waals surface area contributed by atoms with Crippen LogP contribution in [-0.2, 0) is 0 Å². The zero-order chi connectivity index (χ0) is 15.3. The van der Waals surface area contributed by atoms with Crippen LogP contribution in [0.25, 0.3) is 32.6 Å². The molecular weight excluding hydrogens is 300 g/mol. The van der Waals surface area contributed by atoms with Gasteiger partial charge in [-0.3, -0.25) is 9.97 Å². The lowest BCUT2D eigenvalue weighted by Gasteiger charge is -2.08. The van der Waals surface area contributed by atoms with Crippen molar-refractivity contribution in [3.8, 4) is 0 Å². The molecule has 2 aromatic heterocycles. The van der Waals surface area contributed by atoms with E-state index in [1.54, 1.807) is 24.5 Å². The van der Waals surface area contributed by atoms with E-state index in [2.05, 4.69) is 9.97 Å². The average Bonchev–Trinajstić information content (AvgIpc) is 2.53. The molecule has 1 N–H and O–H groups in total. The van der Waals surface area contributed by atoms with Crippen LogP contribution in [0.2, 0.25) is 5.02 Å². The van der Waals surface area contributed by atoms with E-state index in [1.165, 1.54) is 0 Å². The summed E-state index contributed by atoms with van der Waals surface area (Å²) < 4.78 is 0. The maximum atomic E-state index is 11.3. The number of aromatic nitrogens is 2. The van der Waals surface area contributed by atoms with E-state index in [0.717, 1.165) is 27.1 Å². The summed E-state index contributed by atoms with van der Waals surface area (Å²) in [5.41, 5.74) is 1.48. The topological polar surface area (TPSA) is 63.1 Å². The van der Waals surface area contributed by atoms with Crippen LogP contribution < -0.4 is 0 Å². The van der Waals surface area contributed by atoms with Crippen LogP contribution in [0.3, 0.4) is 0 Å². The first kappa shape index (κ1) is 13.0. The zero-order valence-corrected chi connectivity index (χ0v) is 12.0.